The number of hydrogen-bond acceptors (Lipinski definition) is 4. The highest BCUT2D eigenvalue weighted by molar-refractivity contribution is 6.05. The second-order valence-electron chi connectivity index (χ2n) is 6.10. The van der Waals surface area contributed by atoms with E-state index in [1.165, 1.54) is 17.0 Å². The Balaban J connectivity index is 1.60. The molecule has 1 aromatic carbocycles. The van der Waals surface area contributed by atoms with Crippen LogP contribution >= 0.6 is 0 Å². The lowest BCUT2D eigenvalue weighted by atomic mass is 10.1. The maximum absolute atomic E-state index is 13.0. The minimum atomic E-state index is -0.301. The van der Waals surface area contributed by atoms with Gasteiger partial charge in [-0.3, -0.25) is 19.4 Å². The normalized spacial score (nSPS) is 23.0. The molecule has 0 radical (unpaired) electrons. The summed E-state index contributed by atoms with van der Waals surface area (Å²) >= 11 is 0. The highest BCUT2D eigenvalue weighted by Crippen LogP contribution is 2.23. The fourth-order valence-corrected chi connectivity index (χ4v) is 3.35. The van der Waals surface area contributed by atoms with Crippen molar-refractivity contribution >= 4 is 17.5 Å². The van der Waals surface area contributed by atoms with Crippen LogP contribution in [0.2, 0.25) is 0 Å². The van der Waals surface area contributed by atoms with Crippen molar-refractivity contribution in [3.05, 3.63) is 30.1 Å². The van der Waals surface area contributed by atoms with Gasteiger partial charge < -0.3 is 4.90 Å². The molecule has 0 unspecified atom stereocenters. The van der Waals surface area contributed by atoms with E-state index in [4.69, 9.17) is 0 Å². The van der Waals surface area contributed by atoms with Gasteiger partial charge in [0.1, 0.15) is 5.82 Å². The molecule has 1 atom stereocenters. The summed E-state index contributed by atoms with van der Waals surface area (Å²) in [5.41, 5.74) is 0.993. The Morgan fingerprint density at radius 2 is 1.74 bits per heavy atom. The van der Waals surface area contributed by atoms with E-state index in [0.29, 0.717) is 13.0 Å². The first-order valence-electron chi connectivity index (χ1n) is 8.19. The first-order valence-corrected chi connectivity index (χ1v) is 8.19. The molecule has 5 nitrogen and oxygen atoms in total. The van der Waals surface area contributed by atoms with Gasteiger partial charge in [0, 0.05) is 38.4 Å². The van der Waals surface area contributed by atoms with Crippen LogP contribution in [0.4, 0.5) is 10.1 Å². The summed E-state index contributed by atoms with van der Waals surface area (Å²) in [6.45, 7) is 5.51. The SMILES string of the molecule is CCCN1C(=O)C[C@@H](N2CCN(c3ccc(F)cc3)CC2)C1=O. The molecule has 2 heterocycles. The van der Waals surface area contributed by atoms with Crippen molar-refractivity contribution in [1.29, 1.82) is 0 Å². The maximum Gasteiger partial charge on any atom is 0.247 e. The molecular formula is C17H22FN3O2. The van der Waals surface area contributed by atoms with Crippen LogP contribution in [0.15, 0.2) is 24.3 Å². The van der Waals surface area contributed by atoms with Gasteiger partial charge in [-0.2, -0.15) is 0 Å². The third kappa shape index (κ3) is 3.22. The summed E-state index contributed by atoms with van der Waals surface area (Å²) in [4.78, 5) is 30.1. The van der Waals surface area contributed by atoms with Crippen molar-refractivity contribution in [2.24, 2.45) is 0 Å². The Bertz CT molecular complexity index is 582. The van der Waals surface area contributed by atoms with E-state index in [1.54, 1.807) is 12.1 Å². The molecule has 23 heavy (non-hydrogen) atoms. The van der Waals surface area contributed by atoms with Gasteiger partial charge in [0.2, 0.25) is 11.8 Å². The predicted molar refractivity (Wildman–Crippen MR) is 85.6 cm³/mol. The van der Waals surface area contributed by atoms with Gasteiger partial charge in [-0.05, 0) is 30.7 Å². The number of halogens is 1. The summed E-state index contributed by atoms with van der Waals surface area (Å²) in [5.74, 6) is -0.339. The number of imide groups is 1. The summed E-state index contributed by atoms with van der Waals surface area (Å²) in [6.07, 6.45) is 1.10. The zero-order chi connectivity index (χ0) is 16.4. The van der Waals surface area contributed by atoms with E-state index in [1.807, 2.05) is 6.92 Å². The number of benzene rings is 1. The molecule has 1 aromatic rings. The van der Waals surface area contributed by atoms with E-state index in [9.17, 15) is 14.0 Å². The maximum atomic E-state index is 13.0. The minimum Gasteiger partial charge on any atom is -0.369 e. The molecule has 2 fully saturated rings. The summed E-state index contributed by atoms with van der Waals surface area (Å²) in [7, 11) is 0. The molecule has 2 aliphatic rings. The predicted octanol–water partition coefficient (Wildman–Crippen LogP) is 1.49. The van der Waals surface area contributed by atoms with E-state index >= 15 is 0 Å². The first kappa shape index (κ1) is 15.9. The van der Waals surface area contributed by atoms with Crippen LogP contribution in [0.25, 0.3) is 0 Å². The quantitative estimate of drug-likeness (QED) is 0.789. The number of carbonyl (C=O) groups is 2. The van der Waals surface area contributed by atoms with Crippen LogP contribution in [0.3, 0.4) is 0 Å². The average molecular weight is 319 g/mol. The lowest BCUT2D eigenvalue weighted by Crippen LogP contribution is -2.52. The molecule has 124 valence electrons. The van der Waals surface area contributed by atoms with Crippen LogP contribution in [0, 0.1) is 5.82 Å². The van der Waals surface area contributed by atoms with Gasteiger partial charge in [0.25, 0.3) is 0 Å². The van der Waals surface area contributed by atoms with Gasteiger partial charge in [0.05, 0.1) is 12.5 Å². The van der Waals surface area contributed by atoms with Gasteiger partial charge in [-0.1, -0.05) is 6.92 Å². The van der Waals surface area contributed by atoms with Gasteiger partial charge in [-0.25, -0.2) is 4.39 Å². The summed E-state index contributed by atoms with van der Waals surface area (Å²) in [5, 5.41) is 0. The zero-order valence-electron chi connectivity index (χ0n) is 13.4. The van der Waals surface area contributed by atoms with Crippen molar-refractivity contribution in [3.63, 3.8) is 0 Å². The lowest BCUT2D eigenvalue weighted by Gasteiger charge is -2.38. The minimum absolute atomic E-state index is 0.0490. The topological polar surface area (TPSA) is 43.9 Å². The van der Waals surface area contributed by atoms with E-state index in [-0.39, 0.29) is 23.7 Å². The number of carbonyl (C=O) groups excluding carboxylic acids is 2. The Kier molecular flexibility index (Phi) is 4.61. The molecule has 6 heteroatoms. The smallest absolute Gasteiger partial charge is 0.247 e. The molecule has 2 aliphatic heterocycles. The van der Waals surface area contributed by atoms with Gasteiger partial charge in [-0.15, -0.1) is 0 Å². The monoisotopic (exact) mass is 319 g/mol. The summed E-state index contributed by atoms with van der Waals surface area (Å²) < 4.78 is 13.0. The number of amides is 2. The largest absolute Gasteiger partial charge is 0.369 e. The molecule has 2 amide bonds. The van der Waals surface area contributed by atoms with Crippen molar-refractivity contribution in [3.8, 4) is 0 Å². The number of anilines is 1. The van der Waals surface area contributed by atoms with Crippen LogP contribution < -0.4 is 4.90 Å². The van der Waals surface area contributed by atoms with Crippen molar-refractivity contribution in [1.82, 2.24) is 9.80 Å². The lowest BCUT2D eigenvalue weighted by molar-refractivity contribution is -0.139. The Labute approximate surface area is 135 Å². The first-order chi connectivity index (χ1) is 11.1. The van der Waals surface area contributed by atoms with Crippen molar-refractivity contribution < 1.29 is 14.0 Å². The average Bonchev–Trinajstić information content (AvgIpc) is 2.84. The molecule has 3 rings (SSSR count). The van der Waals surface area contributed by atoms with E-state index < -0.39 is 0 Å². The van der Waals surface area contributed by atoms with Crippen LogP contribution in [0.1, 0.15) is 19.8 Å². The fourth-order valence-electron chi connectivity index (χ4n) is 3.35. The number of hydrogen-bond donors (Lipinski definition) is 0. The van der Waals surface area contributed by atoms with Crippen molar-refractivity contribution in [2.75, 3.05) is 37.6 Å². The molecule has 0 N–H and O–H groups in total. The molecule has 2 saturated heterocycles. The highest BCUT2D eigenvalue weighted by Gasteiger charge is 2.41. The second-order valence-corrected chi connectivity index (χ2v) is 6.10. The standard InChI is InChI=1S/C17H22FN3O2/c1-2-7-21-16(22)12-15(17(21)23)20-10-8-19(9-11-20)14-5-3-13(18)4-6-14/h3-6,15H,2,7-12H2,1H3/t15-/m1/s1. The van der Waals surface area contributed by atoms with Gasteiger partial charge >= 0.3 is 0 Å². The van der Waals surface area contributed by atoms with Crippen LogP contribution in [-0.2, 0) is 9.59 Å². The molecule has 0 saturated carbocycles. The fraction of sp³-hybridized carbons (Fsp3) is 0.529. The van der Waals surface area contributed by atoms with Crippen molar-refractivity contribution in [2.45, 2.75) is 25.8 Å². The third-order valence-electron chi connectivity index (χ3n) is 4.61. The molecular weight excluding hydrogens is 297 g/mol. The van der Waals surface area contributed by atoms with Crippen LogP contribution in [-0.4, -0.2) is 60.4 Å². The van der Waals surface area contributed by atoms with E-state index in [0.717, 1.165) is 38.3 Å². The number of nitrogens with zero attached hydrogens (tertiary/aromatic N) is 3. The highest BCUT2D eigenvalue weighted by atomic mass is 19.1. The molecule has 0 aliphatic carbocycles. The number of piperazine rings is 1. The Hall–Kier alpha value is -1.95. The molecule has 0 bridgehead atoms. The van der Waals surface area contributed by atoms with Crippen LogP contribution in [0.5, 0.6) is 0 Å². The Morgan fingerprint density at radius 3 is 2.35 bits per heavy atom. The molecule has 0 spiro atoms. The number of rotatable bonds is 4. The third-order valence-corrected chi connectivity index (χ3v) is 4.61. The van der Waals surface area contributed by atoms with E-state index in [2.05, 4.69) is 9.80 Å². The van der Waals surface area contributed by atoms with Gasteiger partial charge in [0.15, 0.2) is 0 Å². The Morgan fingerprint density at radius 1 is 1.09 bits per heavy atom. The summed E-state index contributed by atoms with van der Waals surface area (Å²) in [6, 6.07) is 6.17. The zero-order valence-corrected chi connectivity index (χ0v) is 13.4. The second kappa shape index (κ2) is 6.66. The molecule has 0 aromatic heterocycles. The number of likely N-dealkylation sites (tertiary alicyclic amines) is 1.